The third-order valence-electron chi connectivity index (χ3n) is 2.63. The largest absolute Gasteiger partial charge is 0.327 e. The van der Waals surface area contributed by atoms with Gasteiger partial charge in [-0.15, -0.1) is 0 Å². The van der Waals surface area contributed by atoms with Crippen LogP contribution in [0.25, 0.3) is 11.0 Å². The predicted molar refractivity (Wildman–Crippen MR) is 67.6 cm³/mol. The van der Waals surface area contributed by atoms with Gasteiger partial charge < -0.3 is 10.3 Å². The minimum Gasteiger partial charge on any atom is -0.327 e. The number of nitrogens with two attached hydrogens (primary N) is 1. The molecule has 2 aromatic rings. The Balaban J connectivity index is 2.78. The summed E-state index contributed by atoms with van der Waals surface area (Å²) in [5.74, 6) is 0. The first kappa shape index (κ1) is 11.4. The summed E-state index contributed by atoms with van der Waals surface area (Å²) < 4.78 is 2.14. The first-order valence-electron chi connectivity index (χ1n) is 5.29. The number of hydrogen-bond donors (Lipinski definition) is 1. The van der Waals surface area contributed by atoms with Crippen LogP contribution >= 0.6 is 11.6 Å². The quantitative estimate of drug-likeness (QED) is 0.829. The van der Waals surface area contributed by atoms with E-state index in [2.05, 4.69) is 36.5 Å². The zero-order chi connectivity index (χ0) is 11.9. The Bertz CT molecular complexity index is 523. The van der Waals surface area contributed by atoms with Crippen molar-refractivity contribution < 1.29 is 0 Å². The number of pyridine rings is 1. The Morgan fingerprint density at radius 3 is 2.69 bits per heavy atom. The molecule has 4 heteroatoms. The fourth-order valence-electron chi connectivity index (χ4n) is 1.82. The van der Waals surface area contributed by atoms with Gasteiger partial charge in [0.15, 0.2) is 0 Å². The van der Waals surface area contributed by atoms with Gasteiger partial charge in [-0.3, -0.25) is 0 Å². The van der Waals surface area contributed by atoms with Crippen LogP contribution in [-0.2, 0) is 12.1 Å². The van der Waals surface area contributed by atoms with E-state index in [-0.39, 0.29) is 5.54 Å². The molecule has 0 saturated carbocycles. The number of halogens is 1. The van der Waals surface area contributed by atoms with Crippen LogP contribution in [0.3, 0.4) is 0 Å². The molecule has 0 radical (unpaired) electrons. The van der Waals surface area contributed by atoms with Crippen molar-refractivity contribution in [2.45, 2.75) is 32.9 Å². The van der Waals surface area contributed by atoms with Gasteiger partial charge in [0.1, 0.15) is 5.65 Å². The lowest BCUT2D eigenvalue weighted by Gasteiger charge is -2.21. The Morgan fingerprint density at radius 1 is 1.44 bits per heavy atom. The van der Waals surface area contributed by atoms with Crippen molar-refractivity contribution >= 4 is 22.6 Å². The molecule has 0 amide bonds. The number of fused-ring (bicyclic) bond motifs is 1. The SMILES string of the molecule is CC(C)(C)n1cc(CN)c2cc(Cl)cnc21. The summed E-state index contributed by atoms with van der Waals surface area (Å²) in [5.41, 5.74) is 7.76. The standard InChI is InChI=1S/C12H16ClN3/c1-12(2,3)16-7-8(5-14)10-4-9(13)6-15-11(10)16/h4,6-7H,5,14H2,1-3H3. The van der Waals surface area contributed by atoms with E-state index in [0.717, 1.165) is 16.6 Å². The summed E-state index contributed by atoms with van der Waals surface area (Å²) in [6.45, 7) is 6.93. The lowest BCUT2D eigenvalue weighted by atomic mass is 10.1. The second-order valence-electron chi connectivity index (χ2n) is 4.92. The van der Waals surface area contributed by atoms with Crippen molar-refractivity contribution in [3.63, 3.8) is 0 Å². The maximum absolute atomic E-state index is 5.96. The molecule has 86 valence electrons. The van der Waals surface area contributed by atoms with Crippen LogP contribution in [0.1, 0.15) is 26.3 Å². The molecule has 0 aliphatic heterocycles. The van der Waals surface area contributed by atoms with E-state index >= 15 is 0 Å². The van der Waals surface area contributed by atoms with Gasteiger partial charge in [-0.1, -0.05) is 11.6 Å². The van der Waals surface area contributed by atoms with Crippen molar-refractivity contribution in [2.75, 3.05) is 0 Å². The van der Waals surface area contributed by atoms with Gasteiger partial charge in [0.25, 0.3) is 0 Å². The summed E-state index contributed by atoms with van der Waals surface area (Å²) >= 11 is 5.96. The van der Waals surface area contributed by atoms with Gasteiger partial charge in [0, 0.05) is 29.9 Å². The van der Waals surface area contributed by atoms with Gasteiger partial charge in [0.2, 0.25) is 0 Å². The fraction of sp³-hybridized carbons (Fsp3) is 0.417. The van der Waals surface area contributed by atoms with E-state index in [4.69, 9.17) is 17.3 Å². The van der Waals surface area contributed by atoms with E-state index in [1.165, 1.54) is 0 Å². The second-order valence-corrected chi connectivity index (χ2v) is 5.36. The van der Waals surface area contributed by atoms with Crippen molar-refractivity contribution in [1.29, 1.82) is 0 Å². The van der Waals surface area contributed by atoms with Crippen LogP contribution in [0.4, 0.5) is 0 Å². The molecule has 3 nitrogen and oxygen atoms in total. The van der Waals surface area contributed by atoms with E-state index in [1.54, 1.807) is 6.20 Å². The minimum atomic E-state index is -0.00744. The van der Waals surface area contributed by atoms with E-state index < -0.39 is 0 Å². The van der Waals surface area contributed by atoms with Gasteiger partial charge in [-0.2, -0.15) is 0 Å². The molecule has 0 aliphatic rings. The van der Waals surface area contributed by atoms with Crippen LogP contribution in [0.5, 0.6) is 0 Å². The highest BCUT2D eigenvalue weighted by Gasteiger charge is 2.18. The van der Waals surface area contributed by atoms with Crippen LogP contribution in [0.15, 0.2) is 18.5 Å². The highest BCUT2D eigenvalue weighted by molar-refractivity contribution is 6.31. The normalized spacial score (nSPS) is 12.3. The fourth-order valence-corrected chi connectivity index (χ4v) is 1.98. The Hall–Kier alpha value is -1.06. The number of aromatic nitrogens is 2. The van der Waals surface area contributed by atoms with Crippen molar-refractivity contribution in [3.05, 3.63) is 29.0 Å². The topological polar surface area (TPSA) is 43.8 Å². The molecule has 0 saturated heterocycles. The maximum Gasteiger partial charge on any atom is 0.140 e. The number of rotatable bonds is 1. The molecule has 0 spiro atoms. The van der Waals surface area contributed by atoms with Crippen molar-refractivity contribution in [3.8, 4) is 0 Å². The second kappa shape index (κ2) is 3.75. The highest BCUT2D eigenvalue weighted by Crippen LogP contribution is 2.27. The molecule has 0 atom stereocenters. The molecule has 0 fully saturated rings. The molecule has 0 aliphatic carbocycles. The predicted octanol–water partition coefficient (Wildman–Crippen LogP) is 2.90. The lowest BCUT2D eigenvalue weighted by Crippen LogP contribution is -2.21. The van der Waals surface area contributed by atoms with Crippen LogP contribution in [0.2, 0.25) is 5.02 Å². The summed E-state index contributed by atoms with van der Waals surface area (Å²) in [6.07, 6.45) is 3.74. The Labute approximate surface area is 100 Å². The molecule has 0 aromatic carbocycles. The van der Waals surface area contributed by atoms with Crippen molar-refractivity contribution in [1.82, 2.24) is 9.55 Å². The van der Waals surface area contributed by atoms with Gasteiger partial charge in [-0.25, -0.2) is 4.98 Å². The summed E-state index contributed by atoms with van der Waals surface area (Å²) in [4.78, 5) is 4.39. The molecule has 0 bridgehead atoms. The third-order valence-corrected chi connectivity index (χ3v) is 2.84. The number of hydrogen-bond acceptors (Lipinski definition) is 2. The molecule has 2 N–H and O–H groups in total. The maximum atomic E-state index is 5.96. The highest BCUT2D eigenvalue weighted by atomic mass is 35.5. The monoisotopic (exact) mass is 237 g/mol. The van der Waals surface area contributed by atoms with Crippen molar-refractivity contribution in [2.24, 2.45) is 5.73 Å². The molecular weight excluding hydrogens is 222 g/mol. The molecule has 2 aromatic heterocycles. The minimum absolute atomic E-state index is 0.00744. The third kappa shape index (κ3) is 1.81. The molecule has 0 unspecified atom stereocenters. The molecule has 2 rings (SSSR count). The van der Waals surface area contributed by atoms with E-state index in [0.29, 0.717) is 11.6 Å². The molecule has 2 heterocycles. The first-order valence-corrected chi connectivity index (χ1v) is 5.67. The Kier molecular flexibility index (Phi) is 2.68. The number of nitrogens with zero attached hydrogens (tertiary/aromatic N) is 2. The summed E-state index contributed by atoms with van der Waals surface area (Å²) in [7, 11) is 0. The van der Waals surface area contributed by atoms with Crippen LogP contribution in [-0.4, -0.2) is 9.55 Å². The van der Waals surface area contributed by atoms with Gasteiger partial charge in [-0.05, 0) is 32.4 Å². The molecule has 16 heavy (non-hydrogen) atoms. The smallest absolute Gasteiger partial charge is 0.140 e. The van der Waals surface area contributed by atoms with Gasteiger partial charge >= 0.3 is 0 Å². The molecular formula is C12H16ClN3. The van der Waals surface area contributed by atoms with Gasteiger partial charge in [0.05, 0.1) is 5.02 Å². The Morgan fingerprint density at radius 2 is 2.12 bits per heavy atom. The lowest BCUT2D eigenvalue weighted by molar-refractivity contribution is 0.408. The summed E-state index contributed by atoms with van der Waals surface area (Å²) in [6, 6.07) is 1.92. The average molecular weight is 238 g/mol. The summed E-state index contributed by atoms with van der Waals surface area (Å²) in [5, 5.41) is 1.69. The van der Waals surface area contributed by atoms with E-state index in [1.807, 2.05) is 6.07 Å². The zero-order valence-corrected chi connectivity index (χ0v) is 10.5. The average Bonchev–Trinajstić information content (AvgIpc) is 2.55. The van der Waals surface area contributed by atoms with Crippen LogP contribution in [0, 0.1) is 0 Å². The first-order chi connectivity index (χ1) is 7.43. The van der Waals surface area contributed by atoms with Crippen LogP contribution < -0.4 is 5.73 Å². The zero-order valence-electron chi connectivity index (χ0n) is 9.79. The van der Waals surface area contributed by atoms with E-state index in [9.17, 15) is 0 Å².